The van der Waals surface area contributed by atoms with Crippen LogP contribution >= 0.6 is 0 Å². The van der Waals surface area contributed by atoms with E-state index < -0.39 is 16.0 Å². The van der Waals surface area contributed by atoms with E-state index in [9.17, 15) is 18.0 Å². The second-order valence-corrected chi connectivity index (χ2v) is 8.30. The van der Waals surface area contributed by atoms with Crippen LogP contribution in [0.5, 0.6) is 0 Å². The largest absolute Gasteiger partial charge is 0.478 e. The standard InChI is InChI=1S/C17H19N3O6S/c1-12-8-13(10-14(9-12)17(22)23)16(21)19-3-5-20(6-4-19)27(24,25)11-15-2-7-26-18-15/h2,7-10H,3-6,11H2,1H3,(H,22,23). The molecule has 3 rings (SSSR count). The molecule has 0 unspecified atom stereocenters. The molecule has 1 aliphatic heterocycles. The summed E-state index contributed by atoms with van der Waals surface area (Å²) in [5.41, 5.74) is 1.33. The van der Waals surface area contributed by atoms with Crippen molar-refractivity contribution in [2.24, 2.45) is 0 Å². The second kappa shape index (κ2) is 7.49. The first-order valence-electron chi connectivity index (χ1n) is 8.27. The van der Waals surface area contributed by atoms with Crippen molar-refractivity contribution in [2.75, 3.05) is 26.2 Å². The van der Waals surface area contributed by atoms with Gasteiger partial charge in [-0.05, 0) is 30.7 Å². The highest BCUT2D eigenvalue weighted by atomic mass is 32.2. The molecule has 0 spiro atoms. The van der Waals surface area contributed by atoms with Crippen LogP contribution in [0.1, 0.15) is 32.0 Å². The van der Waals surface area contributed by atoms with Gasteiger partial charge in [0.1, 0.15) is 12.0 Å². The number of aromatic carboxylic acids is 1. The quantitative estimate of drug-likeness (QED) is 0.803. The summed E-state index contributed by atoms with van der Waals surface area (Å²) in [4.78, 5) is 25.4. The van der Waals surface area contributed by atoms with E-state index >= 15 is 0 Å². The molecule has 0 aliphatic carbocycles. The molecule has 1 N–H and O–H groups in total. The van der Waals surface area contributed by atoms with Crippen LogP contribution in [-0.2, 0) is 15.8 Å². The first-order chi connectivity index (χ1) is 12.8. The summed E-state index contributed by atoms with van der Waals surface area (Å²) in [7, 11) is -3.55. The Morgan fingerprint density at radius 1 is 1.15 bits per heavy atom. The number of sulfonamides is 1. The molecule has 1 aromatic carbocycles. The number of nitrogens with zero attached hydrogens (tertiary/aromatic N) is 3. The Hall–Kier alpha value is -2.72. The summed E-state index contributed by atoms with van der Waals surface area (Å²) in [6.45, 7) is 2.52. The third-order valence-electron chi connectivity index (χ3n) is 4.31. The highest BCUT2D eigenvalue weighted by Gasteiger charge is 2.30. The van der Waals surface area contributed by atoms with Crippen molar-refractivity contribution in [1.29, 1.82) is 0 Å². The van der Waals surface area contributed by atoms with Gasteiger partial charge in [0.2, 0.25) is 10.0 Å². The van der Waals surface area contributed by atoms with Gasteiger partial charge in [-0.15, -0.1) is 0 Å². The van der Waals surface area contributed by atoms with Gasteiger partial charge >= 0.3 is 5.97 Å². The van der Waals surface area contributed by atoms with E-state index in [4.69, 9.17) is 5.11 Å². The molecule has 27 heavy (non-hydrogen) atoms. The fraction of sp³-hybridized carbons (Fsp3) is 0.353. The highest BCUT2D eigenvalue weighted by Crippen LogP contribution is 2.16. The minimum Gasteiger partial charge on any atom is -0.478 e. The number of benzene rings is 1. The van der Waals surface area contributed by atoms with Crippen LogP contribution in [0.4, 0.5) is 0 Å². The van der Waals surface area contributed by atoms with Crippen LogP contribution in [0.15, 0.2) is 35.1 Å². The maximum absolute atomic E-state index is 12.7. The fourth-order valence-electron chi connectivity index (χ4n) is 2.97. The van der Waals surface area contributed by atoms with Gasteiger partial charge in [0.05, 0.1) is 11.3 Å². The van der Waals surface area contributed by atoms with E-state index in [0.29, 0.717) is 11.3 Å². The number of rotatable bonds is 5. The van der Waals surface area contributed by atoms with Gasteiger partial charge < -0.3 is 14.5 Å². The predicted molar refractivity (Wildman–Crippen MR) is 94.7 cm³/mol. The summed E-state index contributed by atoms with van der Waals surface area (Å²) in [6, 6.07) is 5.95. The average Bonchev–Trinajstić information content (AvgIpc) is 3.13. The molecular weight excluding hydrogens is 374 g/mol. The van der Waals surface area contributed by atoms with Crippen LogP contribution in [-0.4, -0.2) is 65.9 Å². The van der Waals surface area contributed by atoms with E-state index in [1.54, 1.807) is 13.0 Å². The van der Waals surface area contributed by atoms with Crippen molar-refractivity contribution in [2.45, 2.75) is 12.7 Å². The molecule has 2 heterocycles. The molecule has 144 valence electrons. The normalized spacial score (nSPS) is 15.7. The number of piperazine rings is 1. The minimum atomic E-state index is -3.55. The van der Waals surface area contributed by atoms with E-state index in [0.717, 1.165) is 0 Å². The maximum Gasteiger partial charge on any atom is 0.335 e. The molecule has 0 bridgehead atoms. The number of hydrogen-bond donors (Lipinski definition) is 1. The number of amides is 1. The minimum absolute atomic E-state index is 0.0483. The molecule has 1 saturated heterocycles. The third-order valence-corrected chi connectivity index (χ3v) is 6.12. The number of aryl methyl sites for hydroxylation is 1. The van der Waals surface area contributed by atoms with Gasteiger partial charge in [0, 0.05) is 37.8 Å². The van der Waals surface area contributed by atoms with Crippen LogP contribution in [0.3, 0.4) is 0 Å². The average molecular weight is 393 g/mol. The summed E-state index contributed by atoms with van der Waals surface area (Å²) >= 11 is 0. The van der Waals surface area contributed by atoms with Crippen LogP contribution < -0.4 is 0 Å². The molecule has 1 aliphatic rings. The number of aromatic nitrogens is 1. The summed E-state index contributed by atoms with van der Waals surface area (Å²) in [6.07, 6.45) is 1.31. The lowest BCUT2D eigenvalue weighted by Crippen LogP contribution is -2.50. The molecule has 0 saturated carbocycles. The molecule has 0 radical (unpaired) electrons. The number of carbonyl (C=O) groups excluding carboxylic acids is 1. The summed E-state index contributed by atoms with van der Waals surface area (Å²) < 4.78 is 30.9. The zero-order valence-electron chi connectivity index (χ0n) is 14.7. The zero-order chi connectivity index (χ0) is 19.6. The topological polar surface area (TPSA) is 121 Å². The molecule has 1 fully saturated rings. The Balaban J connectivity index is 1.67. The monoisotopic (exact) mass is 393 g/mol. The predicted octanol–water partition coefficient (Wildman–Crippen LogP) is 0.969. The van der Waals surface area contributed by atoms with Gasteiger partial charge in [-0.25, -0.2) is 13.2 Å². The smallest absolute Gasteiger partial charge is 0.335 e. The Morgan fingerprint density at radius 2 is 1.81 bits per heavy atom. The van der Waals surface area contributed by atoms with Crippen LogP contribution in [0.2, 0.25) is 0 Å². The third kappa shape index (κ3) is 4.34. The van der Waals surface area contributed by atoms with E-state index in [-0.39, 0.29) is 49.0 Å². The lowest BCUT2D eigenvalue weighted by atomic mass is 10.1. The molecule has 9 nitrogen and oxygen atoms in total. The van der Waals surface area contributed by atoms with Crippen LogP contribution in [0.25, 0.3) is 0 Å². The van der Waals surface area contributed by atoms with Crippen molar-refractivity contribution < 1.29 is 27.6 Å². The first-order valence-corrected chi connectivity index (χ1v) is 9.88. The number of carboxylic acids is 1. The maximum atomic E-state index is 12.7. The molecule has 0 atom stereocenters. The number of carboxylic acid groups (broad SMARTS) is 1. The van der Waals surface area contributed by atoms with E-state index in [1.165, 1.54) is 33.7 Å². The summed E-state index contributed by atoms with van der Waals surface area (Å²) in [5, 5.41) is 12.8. The Kier molecular flexibility index (Phi) is 5.29. The molecule has 2 aromatic rings. The zero-order valence-corrected chi connectivity index (χ0v) is 15.5. The Morgan fingerprint density at radius 3 is 2.41 bits per heavy atom. The molecule has 1 aromatic heterocycles. The SMILES string of the molecule is Cc1cc(C(=O)O)cc(C(=O)N2CCN(S(=O)(=O)Cc3ccon3)CC2)c1. The van der Waals surface area contributed by atoms with Crippen molar-refractivity contribution >= 4 is 21.9 Å². The van der Waals surface area contributed by atoms with Crippen LogP contribution in [0, 0.1) is 6.92 Å². The van der Waals surface area contributed by atoms with Gasteiger partial charge in [0.15, 0.2) is 0 Å². The van der Waals surface area contributed by atoms with E-state index in [2.05, 4.69) is 9.68 Å². The number of carbonyl (C=O) groups is 2. The van der Waals surface area contributed by atoms with Gasteiger partial charge in [-0.3, -0.25) is 4.79 Å². The summed E-state index contributed by atoms with van der Waals surface area (Å²) in [5.74, 6) is -1.66. The van der Waals surface area contributed by atoms with Crippen molar-refractivity contribution in [3.05, 3.63) is 52.9 Å². The Labute approximate surface area is 156 Å². The lowest BCUT2D eigenvalue weighted by molar-refractivity contribution is 0.0695. The first kappa shape index (κ1) is 19.1. The molecular formula is C17H19N3O6S. The molecule has 10 heteroatoms. The van der Waals surface area contributed by atoms with Gasteiger partial charge in [0.25, 0.3) is 5.91 Å². The second-order valence-electron chi connectivity index (χ2n) is 6.33. The number of hydrogen-bond acceptors (Lipinski definition) is 6. The van der Waals surface area contributed by atoms with Gasteiger partial charge in [-0.1, -0.05) is 5.16 Å². The fourth-order valence-corrected chi connectivity index (χ4v) is 4.40. The lowest BCUT2D eigenvalue weighted by Gasteiger charge is -2.34. The van der Waals surface area contributed by atoms with Crippen molar-refractivity contribution in [3.8, 4) is 0 Å². The van der Waals surface area contributed by atoms with Crippen molar-refractivity contribution in [3.63, 3.8) is 0 Å². The Bertz CT molecular complexity index is 947. The van der Waals surface area contributed by atoms with Gasteiger partial charge in [-0.2, -0.15) is 4.31 Å². The van der Waals surface area contributed by atoms with Crippen molar-refractivity contribution in [1.82, 2.24) is 14.4 Å². The highest BCUT2D eigenvalue weighted by molar-refractivity contribution is 7.88. The molecule has 1 amide bonds. The van der Waals surface area contributed by atoms with E-state index in [1.807, 2.05) is 0 Å².